The molecule has 1 aromatic heterocycles. The average Bonchev–Trinajstić information content (AvgIpc) is 2.94. The third-order valence-corrected chi connectivity index (χ3v) is 3.70. The van der Waals surface area contributed by atoms with E-state index in [1.165, 1.54) is 29.5 Å². The first kappa shape index (κ1) is 14.9. The number of nitrogens with zero attached hydrogens (tertiary/aromatic N) is 3. The molecule has 2 rings (SSSR count). The molecule has 1 amide bonds. The van der Waals surface area contributed by atoms with E-state index in [4.69, 9.17) is 0 Å². The SMILES string of the molecule is CCc1nnc(NC(=O)c2cc([N+](=O)[O-])ccc2NC)s1. The van der Waals surface area contributed by atoms with Crippen LogP contribution in [0, 0.1) is 10.1 Å². The van der Waals surface area contributed by atoms with Gasteiger partial charge in [-0.25, -0.2) is 0 Å². The summed E-state index contributed by atoms with van der Waals surface area (Å²) >= 11 is 1.27. The molecule has 1 heterocycles. The van der Waals surface area contributed by atoms with Gasteiger partial charge in [0.1, 0.15) is 5.01 Å². The molecule has 0 fully saturated rings. The number of nitrogens with one attached hydrogen (secondary N) is 2. The number of anilines is 2. The predicted octanol–water partition coefficient (Wildman–Crippen LogP) is 2.30. The monoisotopic (exact) mass is 307 g/mol. The van der Waals surface area contributed by atoms with Crippen LogP contribution in [0.2, 0.25) is 0 Å². The lowest BCUT2D eigenvalue weighted by atomic mass is 10.1. The predicted molar refractivity (Wildman–Crippen MR) is 79.9 cm³/mol. The van der Waals surface area contributed by atoms with Crippen molar-refractivity contribution in [2.24, 2.45) is 0 Å². The number of carbonyl (C=O) groups excluding carboxylic acids is 1. The van der Waals surface area contributed by atoms with Gasteiger partial charge in [-0.05, 0) is 12.5 Å². The van der Waals surface area contributed by atoms with Gasteiger partial charge in [0.05, 0.1) is 10.5 Å². The van der Waals surface area contributed by atoms with E-state index in [9.17, 15) is 14.9 Å². The second-order valence-electron chi connectivity index (χ2n) is 4.05. The zero-order chi connectivity index (χ0) is 15.4. The Labute approximate surface area is 124 Å². The Morgan fingerprint density at radius 3 is 2.76 bits per heavy atom. The molecule has 0 aliphatic rings. The van der Waals surface area contributed by atoms with Crippen LogP contribution in [0.4, 0.5) is 16.5 Å². The van der Waals surface area contributed by atoms with Gasteiger partial charge in [0.15, 0.2) is 0 Å². The highest BCUT2D eigenvalue weighted by Gasteiger charge is 2.17. The lowest BCUT2D eigenvalue weighted by Crippen LogP contribution is -2.14. The van der Waals surface area contributed by atoms with Gasteiger partial charge >= 0.3 is 0 Å². The molecule has 110 valence electrons. The topological polar surface area (TPSA) is 110 Å². The van der Waals surface area contributed by atoms with E-state index in [0.717, 1.165) is 11.4 Å². The zero-order valence-electron chi connectivity index (χ0n) is 11.4. The van der Waals surface area contributed by atoms with Gasteiger partial charge in [-0.15, -0.1) is 10.2 Å². The summed E-state index contributed by atoms with van der Waals surface area (Å²) in [5.74, 6) is -0.471. The Hall–Kier alpha value is -2.55. The molecule has 9 heteroatoms. The van der Waals surface area contributed by atoms with Crippen LogP contribution < -0.4 is 10.6 Å². The number of aromatic nitrogens is 2. The first-order valence-electron chi connectivity index (χ1n) is 6.15. The summed E-state index contributed by atoms with van der Waals surface area (Å²) in [6, 6.07) is 4.05. The number of hydrogen-bond acceptors (Lipinski definition) is 7. The molecule has 2 aromatic rings. The summed E-state index contributed by atoms with van der Waals surface area (Å²) in [7, 11) is 1.64. The first-order valence-corrected chi connectivity index (χ1v) is 6.96. The molecule has 0 saturated heterocycles. The maximum absolute atomic E-state index is 12.2. The van der Waals surface area contributed by atoms with E-state index in [-0.39, 0.29) is 11.3 Å². The number of non-ortho nitro benzene ring substituents is 1. The number of benzene rings is 1. The molecule has 0 aliphatic heterocycles. The highest BCUT2D eigenvalue weighted by Crippen LogP contribution is 2.24. The lowest BCUT2D eigenvalue weighted by molar-refractivity contribution is -0.384. The first-order chi connectivity index (χ1) is 10.0. The van der Waals surface area contributed by atoms with Crippen molar-refractivity contribution in [3.63, 3.8) is 0 Å². The molecule has 0 radical (unpaired) electrons. The summed E-state index contributed by atoms with van der Waals surface area (Å²) in [6.45, 7) is 1.94. The molecular formula is C12H13N5O3S. The number of hydrogen-bond donors (Lipinski definition) is 2. The second-order valence-corrected chi connectivity index (χ2v) is 5.11. The molecule has 0 saturated carbocycles. The van der Waals surface area contributed by atoms with E-state index in [1.54, 1.807) is 7.05 Å². The van der Waals surface area contributed by atoms with Crippen molar-refractivity contribution in [3.05, 3.63) is 38.9 Å². The average molecular weight is 307 g/mol. The number of rotatable bonds is 5. The van der Waals surface area contributed by atoms with Crippen molar-refractivity contribution in [1.82, 2.24) is 10.2 Å². The molecular weight excluding hydrogens is 294 g/mol. The van der Waals surface area contributed by atoms with Crippen LogP contribution in [0.3, 0.4) is 0 Å². The standard InChI is InChI=1S/C12H13N5O3S/c1-3-10-15-16-12(21-10)14-11(18)8-6-7(17(19)20)4-5-9(8)13-2/h4-6,13H,3H2,1-2H3,(H,14,16,18). The minimum Gasteiger partial charge on any atom is -0.387 e. The molecule has 0 aliphatic carbocycles. The van der Waals surface area contributed by atoms with E-state index in [1.807, 2.05) is 6.92 Å². The van der Waals surface area contributed by atoms with Crippen LogP contribution in [0.5, 0.6) is 0 Å². The summed E-state index contributed by atoms with van der Waals surface area (Å²) in [4.78, 5) is 22.5. The van der Waals surface area contributed by atoms with Crippen LogP contribution in [-0.2, 0) is 6.42 Å². The summed E-state index contributed by atoms with van der Waals surface area (Å²) in [6.07, 6.45) is 0.728. The summed E-state index contributed by atoms with van der Waals surface area (Å²) in [5.41, 5.74) is 0.531. The molecule has 0 spiro atoms. The van der Waals surface area contributed by atoms with Crippen LogP contribution in [-0.4, -0.2) is 28.1 Å². The van der Waals surface area contributed by atoms with Gasteiger partial charge in [-0.3, -0.25) is 20.2 Å². The van der Waals surface area contributed by atoms with Crippen LogP contribution in [0.1, 0.15) is 22.3 Å². The van der Waals surface area contributed by atoms with Crippen LogP contribution in [0.15, 0.2) is 18.2 Å². The van der Waals surface area contributed by atoms with Gasteiger partial charge in [-0.1, -0.05) is 18.3 Å². The normalized spacial score (nSPS) is 10.2. The maximum atomic E-state index is 12.2. The smallest absolute Gasteiger partial charge is 0.270 e. The van der Waals surface area contributed by atoms with Crippen molar-refractivity contribution < 1.29 is 9.72 Å². The Morgan fingerprint density at radius 2 is 2.19 bits per heavy atom. The van der Waals surface area contributed by atoms with Crippen molar-refractivity contribution in [2.75, 3.05) is 17.7 Å². The van der Waals surface area contributed by atoms with Crippen molar-refractivity contribution >= 4 is 33.8 Å². The molecule has 2 N–H and O–H groups in total. The molecule has 8 nitrogen and oxygen atoms in total. The lowest BCUT2D eigenvalue weighted by Gasteiger charge is -2.07. The fourth-order valence-electron chi connectivity index (χ4n) is 1.66. The number of nitro benzene ring substituents is 1. The van der Waals surface area contributed by atoms with Crippen molar-refractivity contribution in [1.29, 1.82) is 0 Å². The number of carbonyl (C=O) groups is 1. The number of aryl methyl sites for hydroxylation is 1. The van der Waals surface area contributed by atoms with E-state index in [2.05, 4.69) is 20.8 Å². The van der Waals surface area contributed by atoms with E-state index < -0.39 is 10.8 Å². The van der Waals surface area contributed by atoms with Crippen molar-refractivity contribution in [2.45, 2.75) is 13.3 Å². The van der Waals surface area contributed by atoms with E-state index in [0.29, 0.717) is 10.8 Å². The van der Waals surface area contributed by atoms with Gasteiger partial charge in [0.2, 0.25) is 5.13 Å². The Bertz CT molecular complexity index is 685. The Morgan fingerprint density at radius 1 is 1.43 bits per heavy atom. The highest BCUT2D eigenvalue weighted by atomic mass is 32.1. The summed E-state index contributed by atoms with van der Waals surface area (Å²) in [5, 5.41) is 25.2. The quantitative estimate of drug-likeness (QED) is 0.648. The fourth-order valence-corrected chi connectivity index (χ4v) is 2.34. The minimum atomic E-state index is -0.545. The van der Waals surface area contributed by atoms with Gasteiger partial charge in [0, 0.05) is 24.9 Å². The zero-order valence-corrected chi connectivity index (χ0v) is 12.2. The largest absolute Gasteiger partial charge is 0.387 e. The molecule has 1 aromatic carbocycles. The third kappa shape index (κ3) is 3.31. The van der Waals surface area contributed by atoms with Crippen molar-refractivity contribution in [3.8, 4) is 0 Å². The highest BCUT2D eigenvalue weighted by molar-refractivity contribution is 7.15. The molecule has 0 unspecified atom stereocenters. The second kappa shape index (κ2) is 6.27. The van der Waals surface area contributed by atoms with E-state index >= 15 is 0 Å². The molecule has 0 bridgehead atoms. The number of nitro groups is 1. The molecule has 21 heavy (non-hydrogen) atoms. The third-order valence-electron chi connectivity index (χ3n) is 2.72. The Balaban J connectivity index is 2.28. The maximum Gasteiger partial charge on any atom is 0.270 e. The van der Waals surface area contributed by atoms with Gasteiger partial charge in [-0.2, -0.15) is 0 Å². The van der Waals surface area contributed by atoms with Gasteiger partial charge in [0.25, 0.3) is 11.6 Å². The van der Waals surface area contributed by atoms with Gasteiger partial charge < -0.3 is 5.32 Å². The number of amides is 1. The Kier molecular flexibility index (Phi) is 4.43. The minimum absolute atomic E-state index is 0.148. The summed E-state index contributed by atoms with van der Waals surface area (Å²) < 4.78 is 0. The fraction of sp³-hybridized carbons (Fsp3) is 0.250. The van der Waals surface area contributed by atoms with Crippen LogP contribution >= 0.6 is 11.3 Å². The molecule has 0 atom stereocenters. The van der Waals surface area contributed by atoms with Crippen LogP contribution in [0.25, 0.3) is 0 Å².